The molecule has 0 unspecified atom stereocenters. The first-order chi connectivity index (χ1) is 7.70. The Balaban J connectivity index is 2.47. The van der Waals surface area contributed by atoms with E-state index in [0.717, 1.165) is 16.3 Å². The molecule has 0 fully saturated rings. The number of thiol groups is 1. The molecule has 82 valence electrons. The molecule has 0 atom stereocenters. The number of hydrogen-bond donors (Lipinski definition) is 1. The monoisotopic (exact) mass is 230 g/mol. The minimum atomic E-state index is 0.893. The average molecular weight is 230 g/mol. The zero-order valence-electron chi connectivity index (χ0n) is 9.38. The van der Waals surface area contributed by atoms with Crippen LogP contribution in [0.1, 0.15) is 18.3 Å². The van der Waals surface area contributed by atoms with Crippen molar-refractivity contribution in [2.24, 2.45) is 7.05 Å². The van der Waals surface area contributed by atoms with Crippen molar-refractivity contribution in [2.45, 2.75) is 6.92 Å². The second-order valence-electron chi connectivity index (χ2n) is 3.70. The minimum Gasteiger partial charge on any atom is -0.334 e. The summed E-state index contributed by atoms with van der Waals surface area (Å²) in [7, 11) is 1.97. The summed E-state index contributed by atoms with van der Waals surface area (Å²) in [6.07, 6.45) is 3.70. The number of nitrogens with zero attached hydrogens (tertiary/aromatic N) is 2. The maximum atomic E-state index is 4.56. The normalized spacial score (nSPS) is 12.4. The highest BCUT2D eigenvalue weighted by molar-refractivity contribution is 7.90. The largest absolute Gasteiger partial charge is 0.334 e. The lowest BCUT2D eigenvalue weighted by Crippen LogP contribution is -1.94. The number of aryl methyl sites for hydroxylation is 1. The van der Waals surface area contributed by atoms with E-state index in [1.165, 1.54) is 5.56 Å². The highest BCUT2D eigenvalue weighted by Crippen LogP contribution is 2.27. The predicted octanol–water partition coefficient (Wildman–Crippen LogP) is 3.24. The molecule has 0 aliphatic rings. The number of allylic oxidation sites excluding steroid dienone is 1. The first-order valence-corrected chi connectivity index (χ1v) is 5.58. The van der Waals surface area contributed by atoms with Crippen LogP contribution in [0.5, 0.6) is 0 Å². The third-order valence-electron chi connectivity index (χ3n) is 2.59. The summed E-state index contributed by atoms with van der Waals surface area (Å²) in [6, 6.07) is 10.2. The van der Waals surface area contributed by atoms with E-state index in [-0.39, 0.29) is 0 Å². The minimum absolute atomic E-state index is 0.893. The standard InChI is InChI=1S/C13H14N2S/c1-10(11-6-4-3-5-7-11)12(16)13-14-8-9-15(13)2/h3-9,16H,1-2H3/b12-10+. The van der Waals surface area contributed by atoms with E-state index in [1.807, 2.05) is 36.0 Å². The van der Waals surface area contributed by atoms with Crippen LogP contribution in [0.4, 0.5) is 0 Å². The highest BCUT2D eigenvalue weighted by atomic mass is 32.1. The molecule has 2 nitrogen and oxygen atoms in total. The lowest BCUT2D eigenvalue weighted by Gasteiger charge is -2.07. The molecule has 0 spiro atoms. The summed E-state index contributed by atoms with van der Waals surface area (Å²) in [6.45, 7) is 2.06. The molecule has 16 heavy (non-hydrogen) atoms. The smallest absolute Gasteiger partial charge is 0.146 e. The van der Waals surface area contributed by atoms with Crippen LogP contribution in [0.3, 0.4) is 0 Å². The topological polar surface area (TPSA) is 17.8 Å². The van der Waals surface area contributed by atoms with Gasteiger partial charge in [0.1, 0.15) is 5.82 Å². The molecule has 0 amide bonds. The molecular weight excluding hydrogens is 216 g/mol. The number of aromatic nitrogens is 2. The van der Waals surface area contributed by atoms with Crippen LogP contribution in [-0.4, -0.2) is 9.55 Å². The third kappa shape index (κ3) is 2.04. The summed E-state index contributed by atoms with van der Waals surface area (Å²) < 4.78 is 1.97. The van der Waals surface area contributed by atoms with Crippen molar-refractivity contribution in [3.05, 3.63) is 54.1 Å². The lowest BCUT2D eigenvalue weighted by atomic mass is 10.1. The maximum absolute atomic E-state index is 4.56. The van der Waals surface area contributed by atoms with Crippen molar-refractivity contribution in [3.8, 4) is 0 Å². The van der Waals surface area contributed by atoms with Gasteiger partial charge in [0.2, 0.25) is 0 Å². The van der Waals surface area contributed by atoms with Gasteiger partial charge >= 0.3 is 0 Å². The molecular formula is C13H14N2S. The Kier molecular flexibility index (Phi) is 3.15. The Morgan fingerprint density at radius 3 is 2.50 bits per heavy atom. The highest BCUT2D eigenvalue weighted by Gasteiger charge is 2.07. The summed E-state index contributed by atoms with van der Waals surface area (Å²) in [5.41, 5.74) is 2.31. The van der Waals surface area contributed by atoms with Crippen LogP contribution >= 0.6 is 12.6 Å². The molecule has 0 N–H and O–H groups in total. The van der Waals surface area contributed by atoms with E-state index >= 15 is 0 Å². The Hall–Kier alpha value is -1.48. The molecule has 0 saturated carbocycles. The Bertz CT molecular complexity index is 512. The molecule has 0 radical (unpaired) electrons. The molecule has 2 aromatic rings. The van der Waals surface area contributed by atoms with Gasteiger partial charge in [0.25, 0.3) is 0 Å². The van der Waals surface area contributed by atoms with Crippen molar-refractivity contribution in [1.82, 2.24) is 9.55 Å². The van der Waals surface area contributed by atoms with E-state index in [4.69, 9.17) is 0 Å². The van der Waals surface area contributed by atoms with Gasteiger partial charge in [-0.3, -0.25) is 0 Å². The number of imidazole rings is 1. The van der Waals surface area contributed by atoms with Gasteiger partial charge in [0.15, 0.2) is 0 Å². The summed E-state index contributed by atoms with van der Waals surface area (Å²) in [5.74, 6) is 0.893. The quantitative estimate of drug-likeness (QED) is 0.784. The van der Waals surface area contributed by atoms with Crippen molar-refractivity contribution in [3.63, 3.8) is 0 Å². The fourth-order valence-electron chi connectivity index (χ4n) is 1.59. The van der Waals surface area contributed by atoms with Crippen LogP contribution in [0.15, 0.2) is 42.7 Å². The molecule has 3 heteroatoms. The van der Waals surface area contributed by atoms with E-state index < -0.39 is 0 Å². The van der Waals surface area contributed by atoms with Crippen molar-refractivity contribution in [2.75, 3.05) is 0 Å². The van der Waals surface area contributed by atoms with Gasteiger partial charge in [-0.15, -0.1) is 12.6 Å². The SMILES string of the molecule is C/C(=C(\S)c1nccn1C)c1ccccc1. The number of hydrogen-bond acceptors (Lipinski definition) is 2. The van der Waals surface area contributed by atoms with Gasteiger partial charge in [-0.1, -0.05) is 30.3 Å². The molecule has 0 saturated heterocycles. The number of benzene rings is 1. The van der Waals surface area contributed by atoms with E-state index in [2.05, 4.69) is 36.7 Å². The van der Waals surface area contributed by atoms with Crippen LogP contribution in [-0.2, 0) is 7.05 Å². The fourth-order valence-corrected chi connectivity index (χ4v) is 1.93. The summed E-state index contributed by atoms with van der Waals surface area (Å²) in [4.78, 5) is 5.21. The van der Waals surface area contributed by atoms with Crippen LogP contribution in [0, 0.1) is 0 Å². The lowest BCUT2D eigenvalue weighted by molar-refractivity contribution is 0.896. The van der Waals surface area contributed by atoms with Gasteiger partial charge in [0.05, 0.1) is 4.91 Å². The van der Waals surface area contributed by atoms with Gasteiger partial charge < -0.3 is 4.57 Å². The Morgan fingerprint density at radius 2 is 1.94 bits per heavy atom. The Labute approximate surface area is 101 Å². The zero-order chi connectivity index (χ0) is 11.5. The van der Waals surface area contributed by atoms with Gasteiger partial charge in [-0.25, -0.2) is 4.98 Å². The fraction of sp³-hybridized carbons (Fsp3) is 0.154. The predicted molar refractivity (Wildman–Crippen MR) is 71.1 cm³/mol. The second-order valence-corrected chi connectivity index (χ2v) is 4.15. The van der Waals surface area contributed by atoms with Crippen molar-refractivity contribution in [1.29, 1.82) is 0 Å². The Morgan fingerprint density at radius 1 is 1.25 bits per heavy atom. The van der Waals surface area contributed by atoms with Gasteiger partial charge in [-0.05, 0) is 18.1 Å². The first kappa shape index (κ1) is 11.0. The second kappa shape index (κ2) is 4.58. The van der Waals surface area contributed by atoms with Crippen LogP contribution < -0.4 is 0 Å². The molecule has 0 aliphatic heterocycles. The van der Waals surface area contributed by atoms with E-state index in [9.17, 15) is 0 Å². The zero-order valence-corrected chi connectivity index (χ0v) is 10.3. The number of rotatable bonds is 2. The van der Waals surface area contributed by atoms with Gasteiger partial charge in [0, 0.05) is 19.4 Å². The molecule has 1 heterocycles. The van der Waals surface area contributed by atoms with Crippen molar-refractivity contribution < 1.29 is 0 Å². The summed E-state index contributed by atoms with van der Waals surface area (Å²) in [5, 5.41) is 0. The van der Waals surface area contributed by atoms with E-state index in [1.54, 1.807) is 6.20 Å². The maximum Gasteiger partial charge on any atom is 0.146 e. The molecule has 1 aromatic carbocycles. The molecule has 0 bridgehead atoms. The average Bonchev–Trinajstić information content (AvgIpc) is 2.75. The summed E-state index contributed by atoms with van der Waals surface area (Å²) >= 11 is 4.56. The van der Waals surface area contributed by atoms with E-state index in [0.29, 0.717) is 0 Å². The third-order valence-corrected chi connectivity index (χ3v) is 3.13. The van der Waals surface area contributed by atoms with Crippen LogP contribution in [0.2, 0.25) is 0 Å². The van der Waals surface area contributed by atoms with Gasteiger partial charge in [-0.2, -0.15) is 0 Å². The molecule has 2 rings (SSSR count). The van der Waals surface area contributed by atoms with Crippen LogP contribution in [0.25, 0.3) is 10.5 Å². The first-order valence-electron chi connectivity index (χ1n) is 5.13. The van der Waals surface area contributed by atoms with Crippen molar-refractivity contribution >= 4 is 23.1 Å². The molecule has 0 aliphatic carbocycles. The molecule has 1 aromatic heterocycles.